The van der Waals surface area contributed by atoms with Crippen LogP contribution >= 0.6 is 0 Å². The number of nitrogens with zero attached hydrogens (tertiary/aromatic N) is 2. The molecule has 142 valence electrons. The van der Waals surface area contributed by atoms with Crippen LogP contribution in [0.25, 0.3) is 11.5 Å². The fraction of sp³-hybridized carbons (Fsp3) is 0.500. The second-order valence-corrected chi connectivity index (χ2v) is 6.00. The molecule has 1 heterocycles. The lowest BCUT2D eigenvalue weighted by Crippen LogP contribution is -2.38. The zero-order valence-electron chi connectivity index (χ0n) is 16.0. The molecule has 0 aliphatic heterocycles. The molecule has 2 aromatic rings. The quantitative estimate of drug-likeness (QED) is 0.388. The number of ether oxygens (including phenoxy) is 1. The molecular formula is C20H30N4O2. The van der Waals surface area contributed by atoms with E-state index in [4.69, 9.17) is 9.15 Å². The van der Waals surface area contributed by atoms with E-state index in [1.807, 2.05) is 19.1 Å². The van der Waals surface area contributed by atoms with Crippen molar-refractivity contribution in [3.05, 3.63) is 41.8 Å². The predicted molar refractivity (Wildman–Crippen MR) is 105 cm³/mol. The van der Waals surface area contributed by atoms with Crippen molar-refractivity contribution in [3.63, 3.8) is 0 Å². The number of rotatable bonds is 10. The van der Waals surface area contributed by atoms with Crippen LogP contribution in [0.3, 0.4) is 0 Å². The Morgan fingerprint density at radius 3 is 2.73 bits per heavy atom. The number of hydrogen-bond donors (Lipinski definition) is 2. The van der Waals surface area contributed by atoms with Gasteiger partial charge >= 0.3 is 0 Å². The zero-order chi connectivity index (χ0) is 18.6. The third-order valence-electron chi connectivity index (χ3n) is 3.79. The van der Waals surface area contributed by atoms with Gasteiger partial charge in [0.1, 0.15) is 6.26 Å². The summed E-state index contributed by atoms with van der Waals surface area (Å²) in [5.41, 5.74) is 3.15. The van der Waals surface area contributed by atoms with Crippen molar-refractivity contribution in [2.24, 2.45) is 4.99 Å². The van der Waals surface area contributed by atoms with E-state index in [1.54, 1.807) is 6.26 Å². The van der Waals surface area contributed by atoms with Crippen LogP contribution in [0.2, 0.25) is 0 Å². The number of guanidine groups is 1. The van der Waals surface area contributed by atoms with Crippen LogP contribution in [0, 0.1) is 6.92 Å². The monoisotopic (exact) mass is 358 g/mol. The summed E-state index contributed by atoms with van der Waals surface area (Å²) in [5.74, 6) is 1.49. The van der Waals surface area contributed by atoms with Gasteiger partial charge in [0.25, 0.3) is 0 Å². The molecule has 0 fully saturated rings. The van der Waals surface area contributed by atoms with Crippen LogP contribution in [-0.2, 0) is 11.2 Å². The summed E-state index contributed by atoms with van der Waals surface area (Å²) in [6, 6.07) is 8.18. The number of nitrogens with one attached hydrogen (secondary N) is 2. The average molecular weight is 358 g/mol. The minimum atomic E-state index is 0.663. The van der Waals surface area contributed by atoms with Gasteiger partial charge in [0.05, 0.1) is 5.69 Å². The topological polar surface area (TPSA) is 71.7 Å². The van der Waals surface area contributed by atoms with E-state index in [2.05, 4.69) is 46.6 Å². The Bertz CT molecular complexity index is 665. The molecule has 0 atom stereocenters. The maximum Gasteiger partial charge on any atom is 0.226 e. The highest BCUT2D eigenvalue weighted by molar-refractivity contribution is 5.79. The van der Waals surface area contributed by atoms with E-state index >= 15 is 0 Å². The number of aromatic nitrogens is 1. The molecule has 0 saturated carbocycles. The number of aliphatic imine (C=N–C) groups is 1. The van der Waals surface area contributed by atoms with Gasteiger partial charge in [-0.05, 0) is 39.3 Å². The summed E-state index contributed by atoms with van der Waals surface area (Å²) in [4.78, 5) is 9.11. The minimum absolute atomic E-state index is 0.663. The molecule has 2 N–H and O–H groups in total. The van der Waals surface area contributed by atoms with E-state index in [-0.39, 0.29) is 0 Å². The Morgan fingerprint density at radius 1 is 1.19 bits per heavy atom. The molecule has 0 bridgehead atoms. The molecule has 0 saturated heterocycles. The first kappa shape index (κ1) is 20.0. The second-order valence-electron chi connectivity index (χ2n) is 6.00. The molecular weight excluding hydrogens is 328 g/mol. The molecule has 26 heavy (non-hydrogen) atoms. The van der Waals surface area contributed by atoms with E-state index in [1.165, 1.54) is 5.56 Å². The first-order valence-electron chi connectivity index (χ1n) is 9.34. The van der Waals surface area contributed by atoms with E-state index in [0.29, 0.717) is 5.89 Å². The number of aryl methyl sites for hydroxylation is 1. The van der Waals surface area contributed by atoms with Crippen molar-refractivity contribution < 1.29 is 9.15 Å². The van der Waals surface area contributed by atoms with Crippen LogP contribution in [0.1, 0.15) is 31.5 Å². The standard InChI is InChI=1S/C20H30N4O2/c1-4-21-20(22-12-6-14-25-5-2)23-13-11-18-15-26-19(24-18)17-9-7-16(3)8-10-17/h7-10,15H,4-6,11-14H2,1-3H3,(H2,21,22,23). The zero-order valence-corrected chi connectivity index (χ0v) is 16.0. The predicted octanol–water partition coefficient (Wildman–Crippen LogP) is 3.17. The van der Waals surface area contributed by atoms with Gasteiger partial charge in [-0.3, -0.25) is 4.99 Å². The van der Waals surface area contributed by atoms with Gasteiger partial charge in [-0.2, -0.15) is 0 Å². The smallest absolute Gasteiger partial charge is 0.226 e. The molecule has 0 spiro atoms. The molecule has 0 amide bonds. The Morgan fingerprint density at radius 2 is 2.00 bits per heavy atom. The summed E-state index contributed by atoms with van der Waals surface area (Å²) < 4.78 is 10.9. The summed E-state index contributed by atoms with van der Waals surface area (Å²) in [6.07, 6.45) is 3.43. The summed E-state index contributed by atoms with van der Waals surface area (Å²) in [6.45, 7) is 9.96. The lowest BCUT2D eigenvalue weighted by Gasteiger charge is -2.10. The largest absolute Gasteiger partial charge is 0.444 e. The maximum atomic E-state index is 5.60. The third-order valence-corrected chi connectivity index (χ3v) is 3.79. The lowest BCUT2D eigenvalue weighted by molar-refractivity contribution is 0.146. The SMILES string of the molecule is CCNC(=NCCCOCC)NCCc1coc(-c2ccc(C)cc2)n1. The molecule has 0 radical (unpaired) electrons. The summed E-state index contributed by atoms with van der Waals surface area (Å²) in [5, 5.41) is 6.58. The first-order chi connectivity index (χ1) is 12.7. The van der Waals surface area contributed by atoms with Crippen molar-refractivity contribution >= 4 is 5.96 Å². The van der Waals surface area contributed by atoms with E-state index in [9.17, 15) is 0 Å². The highest BCUT2D eigenvalue weighted by Crippen LogP contribution is 2.19. The van der Waals surface area contributed by atoms with Gasteiger partial charge in [-0.1, -0.05) is 17.7 Å². The molecule has 1 aromatic carbocycles. The van der Waals surface area contributed by atoms with Crippen LogP contribution in [0.15, 0.2) is 39.9 Å². The number of benzene rings is 1. The highest BCUT2D eigenvalue weighted by Gasteiger charge is 2.06. The molecule has 6 nitrogen and oxygen atoms in total. The van der Waals surface area contributed by atoms with E-state index in [0.717, 1.165) is 62.9 Å². The Balaban J connectivity index is 1.79. The molecule has 1 aromatic heterocycles. The fourth-order valence-corrected chi connectivity index (χ4v) is 2.40. The minimum Gasteiger partial charge on any atom is -0.444 e. The Kier molecular flexibility index (Phi) is 8.69. The van der Waals surface area contributed by atoms with Gasteiger partial charge in [-0.25, -0.2) is 4.98 Å². The van der Waals surface area contributed by atoms with Crippen LogP contribution in [-0.4, -0.2) is 43.8 Å². The van der Waals surface area contributed by atoms with Gasteiger partial charge < -0.3 is 19.8 Å². The maximum absolute atomic E-state index is 5.60. The van der Waals surface area contributed by atoms with E-state index < -0.39 is 0 Å². The highest BCUT2D eigenvalue weighted by atomic mass is 16.5. The first-order valence-corrected chi connectivity index (χ1v) is 9.34. The van der Waals surface area contributed by atoms with Crippen molar-refractivity contribution in [2.75, 3.05) is 32.8 Å². The Hall–Kier alpha value is -2.34. The number of oxazole rings is 1. The van der Waals surface area contributed by atoms with Crippen molar-refractivity contribution in [3.8, 4) is 11.5 Å². The molecule has 2 rings (SSSR count). The van der Waals surface area contributed by atoms with Crippen LogP contribution < -0.4 is 10.6 Å². The second kappa shape index (κ2) is 11.3. The Labute approximate surface area is 156 Å². The van der Waals surface area contributed by atoms with Gasteiger partial charge in [0.15, 0.2) is 5.96 Å². The van der Waals surface area contributed by atoms with Crippen molar-refractivity contribution in [2.45, 2.75) is 33.6 Å². The van der Waals surface area contributed by atoms with Crippen LogP contribution in [0.5, 0.6) is 0 Å². The summed E-state index contributed by atoms with van der Waals surface area (Å²) in [7, 11) is 0. The average Bonchev–Trinajstić information content (AvgIpc) is 3.11. The molecule has 0 aliphatic rings. The fourth-order valence-electron chi connectivity index (χ4n) is 2.40. The third kappa shape index (κ3) is 6.88. The van der Waals surface area contributed by atoms with Gasteiger partial charge in [0.2, 0.25) is 5.89 Å². The van der Waals surface area contributed by atoms with Gasteiger partial charge in [0, 0.05) is 44.8 Å². The van der Waals surface area contributed by atoms with Crippen LogP contribution in [0.4, 0.5) is 0 Å². The molecule has 6 heteroatoms. The molecule has 0 aliphatic carbocycles. The number of hydrogen-bond acceptors (Lipinski definition) is 4. The van der Waals surface area contributed by atoms with Crippen molar-refractivity contribution in [1.82, 2.24) is 15.6 Å². The summed E-state index contributed by atoms with van der Waals surface area (Å²) >= 11 is 0. The molecule has 0 unspecified atom stereocenters. The lowest BCUT2D eigenvalue weighted by atomic mass is 10.1. The normalized spacial score (nSPS) is 11.6. The van der Waals surface area contributed by atoms with Gasteiger partial charge in [-0.15, -0.1) is 0 Å². The van der Waals surface area contributed by atoms with Crippen molar-refractivity contribution in [1.29, 1.82) is 0 Å².